The average Bonchev–Trinajstić information content (AvgIpc) is 1.39. The summed E-state index contributed by atoms with van der Waals surface area (Å²) in [6.45, 7) is 9.58. The Morgan fingerprint density at radius 1 is 0.281 bits per heavy atom. The van der Waals surface area contributed by atoms with Crippen molar-refractivity contribution in [1.29, 1.82) is 0 Å². The van der Waals surface area contributed by atoms with Gasteiger partial charge in [-0.15, -0.1) is 0 Å². The zero-order chi connectivity index (χ0) is 70.7. The van der Waals surface area contributed by atoms with Gasteiger partial charge in [-0.05, 0) is 37.5 Å². The smallest absolute Gasteiger partial charge is 0.462 e. The van der Waals surface area contributed by atoms with Crippen LogP contribution < -0.4 is 0 Å². The molecule has 570 valence electrons. The van der Waals surface area contributed by atoms with E-state index in [1.807, 2.05) is 0 Å². The minimum absolute atomic E-state index is 0.106. The Morgan fingerprint density at radius 3 is 0.708 bits per heavy atom. The molecule has 0 radical (unpaired) electrons. The fourth-order valence-corrected chi connectivity index (χ4v) is 13.4. The number of esters is 4. The third-order valence-corrected chi connectivity index (χ3v) is 19.9. The predicted molar refractivity (Wildman–Crippen MR) is 391 cm³/mol. The van der Waals surface area contributed by atoms with Crippen molar-refractivity contribution in [1.82, 2.24) is 0 Å². The molecule has 0 aliphatic carbocycles. The van der Waals surface area contributed by atoms with Gasteiger partial charge in [-0.3, -0.25) is 37.3 Å². The van der Waals surface area contributed by atoms with E-state index < -0.39 is 97.5 Å². The zero-order valence-corrected chi connectivity index (χ0v) is 64.5. The Bertz CT molecular complexity index is 1860. The molecule has 0 amide bonds. The summed E-state index contributed by atoms with van der Waals surface area (Å²) in [5.74, 6) is -0.604. The molecule has 19 heteroatoms. The second-order valence-corrected chi connectivity index (χ2v) is 31.6. The van der Waals surface area contributed by atoms with Gasteiger partial charge in [0.2, 0.25) is 0 Å². The lowest BCUT2D eigenvalue weighted by Crippen LogP contribution is -2.30. The number of phosphoric acid groups is 2. The van der Waals surface area contributed by atoms with Crippen LogP contribution in [0.3, 0.4) is 0 Å². The fraction of sp³-hybridized carbons (Fsp3) is 0.948. The molecule has 0 aromatic rings. The second kappa shape index (κ2) is 68.8. The molecule has 5 atom stereocenters. The number of hydrogen-bond donors (Lipinski definition) is 3. The number of aliphatic hydroxyl groups is 1. The Labute approximate surface area is 588 Å². The summed E-state index contributed by atoms with van der Waals surface area (Å²) < 4.78 is 68.5. The van der Waals surface area contributed by atoms with Gasteiger partial charge in [0.1, 0.15) is 19.3 Å². The first kappa shape index (κ1) is 94.1. The highest BCUT2D eigenvalue weighted by molar-refractivity contribution is 7.47. The zero-order valence-electron chi connectivity index (χ0n) is 62.7. The molecule has 0 saturated heterocycles. The summed E-state index contributed by atoms with van der Waals surface area (Å²) in [7, 11) is -9.91. The molecule has 0 aliphatic heterocycles. The van der Waals surface area contributed by atoms with E-state index in [9.17, 15) is 43.2 Å². The van der Waals surface area contributed by atoms with Crippen molar-refractivity contribution < 1.29 is 80.2 Å². The summed E-state index contributed by atoms with van der Waals surface area (Å²) in [6.07, 6.45) is 56.9. The highest BCUT2D eigenvalue weighted by Crippen LogP contribution is 2.45. The number of carbonyl (C=O) groups excluding carboxylic acids is 4. The molecule has 0 saturated carbocycles. The number of carbonyl (C=O) groups is 4. The molecule has 2 unspecified atom stereocenters. The van der Waals surface area contributed by atoms with Gasteiger partial charge in [0, 0.05) is 25.7 Å². The van der Waals surface area contributed by atoms with Gasteiger partial charge in [0.15, 0.2) is 12.2 Å². The monoisotopic (exact) mass is 1410 g/mol. The third-order valence-electron chi connectivity index (χ3n) is 18.0. The summed E-state index contributed by atoms with van der Waals surface area (Å²) in [4.78, 5) is 72.8. The van der Waals surface area contributed by atoms with Crippen LogP contribution in [0, 0.1) is 11.8 Å². The largest absolute Gasteiger partial charge is 0.472 e. The maximum Gasteiger partial charge on any atom is 0.472 e. The lowest BCUT2D eigenvalue weighted by Gasteiger charge is -2.21. The summed E-state index contributed by atoms with van der Waals surface area (Å²) in [5, 5.41) is 10.6. The maximum atomic E-state index is 13.1. The van der Waals surface area contributed by atoms with Crippen LogP contribution in [0.4, 0.5) is 0 Å². The molecule has 17 nitrogen and oxygen atoms in total. The number of ether oxygens (including phenoxy) is 4. The molecule has 0 spiro atoms. The van der Waals surface area contributed by atoms with E-state index in [0.29, 0.717) is 25.7 Å². The third kappa shape index (κ3) is 70.5. The molecular weight excluding hydrogens is 1260 g/mol. The number of rotatable bonds is 76. The van der Waals surface area contributed by atoms with Gasteiger partial charge in [0.25, 0.3) is 0 Å². The van der Waals surface area contributed by atoms with Gasteiger partial charge < -0.3 is 33.8 Å². The minimum Gasteiger partial charge on any atom is -0.462 e. The van der Waals surface area contributed by atoms with Gasteiger partial charge in [-0.1, -0.05) is 350 Å². The van der Waals surface area contributed by atoms with Crippen LogP contribution in [0.15, 0.2) is 0 Å². The minimum atomic E-state index is -4.96. The van der Waals surface area contributed by atoms with E-state index in [4.69, 9.17) is 37.0 Å². The molecule has 0 bridgehead atoms. The first-order valence-electron chi connectivity index (χ1n) is 40.0. The van der Waals surface area contributed by atoms with Crippen LogP contribution in [-0.4, -0.2) is 96.7 Å². The van der Waals surface area contributed by atoms with Crippen molar-refractivity contribution in [3.05, 3.63) is 0 Å². The number of phosphoric ester groups is 2. The predicted octanol–water partition coefficient (Wildman–Crippen LogP) is 22.7. The van der Waals surface area contributed by atoms with E-state index in [2.05, 4.69) is 41.5 Å². The van der Waals surface area contributed by atoms with Gasteiger partial charge in [0.05, 0.1) is 26.4 Å². The normalized spacial score (nSPS) is 14.0. The molecule has 0 fully saturated rings. The molecule has 3 N–H and O–H groups in total. The maximum absolute atomic E-state index is 13.1. The van der Waals surface area contributed by atoms with Gasteiger partial charge in [-0.25, -0.2) is 9.13 Å². The van der Waals surface area contributed by atoms with Crippen molar-refractivity contribution in [2.45, 2.75) is 419 Å². The van der Waals surface area contributed by atoms with E-state index >= 15 is 0 Å². The van der Waals surface area contributed by atoms with Gasteiger partial charge >= 0.3 is 39.5 Å². The Kier molecular flexibility index (Phi) is 67.4. The molecule has 0 aromatic carbocycles. The quantitative estimate of drug-likeness (QED) is 0.0222. The summed E-state index contributed by atoms with van der Waals surface area (Å²) in [6, 6.07) is 0. The van der Waals surface area contributed by atoms with Crippen molar-refractivity contribution in [3.8, 4) is 0 Å². The first-order valence-corrected chi connectivity index (χ1v) is 43.0. The Hall–Kier alpha value is -1.94. The van der Waals surface area contributed by atoms with Crippen molar-refractivity contribution in [2.24, 2.45) is 11.8 Å². The van der Waals surface area contributed by atoms with Crippen LogP contribution in [0.5, 0.6) is 0 Å². The molecular formula is C77H150O17P2. The second-order valence-electron chi connectivity index (χ2n) is 28.7. The van der Waals surface area contributed by atoms with Crippen LogP contribution in [0.25, 0.3) is 0 Å². The highest BCUT2D eigenvalue weighted by Gasteiger charge is 2.30. The Balaban J connectivity index is 5.22. The van der Waals surface area contributed by atoms with E-state index in [-0.39, 0.29) is 25.7 Å². The molecule has 0 aromatic heterocycles. The standard InChI is InChI=1S/C77H150O17P2/c1-7-9-11-13-15-17-19-20-21-22-23-24-25-26-27-28-37-43-49-55-61-76(81)93-73(66-88-75(80)60-54-48-42-36-31-29-33-39-45-51-57-69(3)4)68-92-96(85,86)90-64-71(78)63-89-95(83,84)91-67-72(65-87-74(79)59-53-47-41-35-18-16-14-12-10-8-2)94-77(82)62-56-50-44-38-32-30-34-40-46-52-58-70(5)6/h69-73,78H,7-68H2,1-6H3,(H,83,84)(H,85,86)/t71-,72+,73+/m0/s1. The first-order chi connectivity index (χ1) is 46.4. The van der Waals surface area contributed by atoms with Crippen LogP contribution in [0.1, 0.15) is 401 Å². The SMILES string of the molecule is CCCCCCCCCCCCCCCCCCCCCCC(=O)O[C@H](COC(=O)CCCCCCCCCCCCC(C)C)COP(=O)(O)OC[C@@H](O)COP(=O)(O)OC[C@@H](COC(=O)CCCCCCCCCCCC)OC(=O)CCCCCCCCCCCCC(C)C. The van der Waals surface area contributed by atoms with Crippen molar-refractivity contribution in [2.75, 3.05) is 39.6 Å². The number of unbranched alkanes of at least 4 members (excludes halogenated alkanes) is 46. The number of hydrogen-bond acceptors (Lipinski definition) is 15. The Morgan fingerprint density at radius 2 is 0.479 bits per heavy atom. The van der Waals surface area contributed by atoms with E-state index in [1.165, 1.54) is 218 Å². The van der Waals surface area contributed by atoms with E-state index in [1.54, 1.807) is 0 Å². The lowest BCUT2D eigenvalue weighted by molar-refractivity contribution is -0.161. The summed E-state index contributed by atoms with van der Waals surface area (Å²) in [5.41, 5.74) is 0. The lowest BCUT2D eigenvalue weighted by atomic mass is 10.0. The fourth-order valence-electron chi connectivity index (χ4n) is 11.8. The van der Waals surface area contributed by atoms with Crippen molar-refractivity contribution >= 4 is 39.5 Å². The summed E-state index contributed by atoms with van der Waals surface area (Å²) >= 11 is 0. The molecule has 0 aliphatic rings. The van der Waals surface area contributed by atoms with Crippen LogP contribution in [0.2, 0.25) is 0 Å². The molecule has 0 rings (SSSR count). The topological polar surface area (TPSA) is 237 Å². The number of aliphatic hydroxyl groups excluding tert-OH is 1. The average molecular weight is 1410 g/mol. The van der Waals surface area contributed by atoms with E-state index in [0.717, 1.165) is 102 Å². The highest BCUT2D eigenvalue weighted by atomic mass is 31.2. The van der Waals surface area contributed by atoms with Crippen molar-refractivity contribution in [3.63, 3.8) is 0 Å². The molecule has 96 heavy (non-hydrogen) atoms. The van der Waals surface area contributed by atoms with Crippen LogP contribution in [-0.2, 0) is 65.4 Å². The molecule has 0 heterocycles. The van der Waals surface area contributed by atoms with Crippen LogP contribution >= 0.6 is 15.6 Å². The van der Waals surface area contributed by atoms with Gasteiger partial charge in [-0.2, -0.15) is 0 Å².